The average Bonchev–Trinajstić information content (AvgIpc) is 2.56. The monoisotopic (exact) mass is 308 g/mol. The number of ether oxygens (including phenoxy) is 1. The third-order valence-corrected chi connectivity index (χ3v) is 3.76. The minimum absolute atomic E-state index is 0.133. The number of fused-ring (bicyclic) bond motifs is 1. The Kier molecular flexibility index (Phi) is 4.42. The van der Waals surface area contributed by atoms with Gasteiger partial charge in [-0.25, -0.2) is 4.98 Å². The van der Waals surface area contributed by atoms with E-state index in [0.717, 1.165) is 29.7 Å². The third-order valence-electron chi connectivity index (χ3n) is 3.76. The molecule has 1 N–H and O–H groups in total. The molecule has 1 heterocycles. The molecule has 2 aromatic carbocycles. The van der Waals surface area contributed by atoms with Crippen molar-refractivity contribution in [3.8, 4) is 17.1 Å². The Morgan fingerprint density at radius 1 is 1.17 bits per heavy atom. The predicted octanol–water partition coefficient (Wildman–Crippen LogP) is 4.08. The summed E-state index contributed by atoms with van der Waals surface area (Å²) in [6, 6.07) is 13.3. The Morgan fingerprint density at radius 3 is 2.83 bits per heavy atom. The number of benzene rings is 2. The fourth-order valence-electron chi connectivity index (χ4n) is 2.50. The zero-order valence-corrected chi connectivity index (χ0v) is 13.4. The van der Waals surface area contributed by atoms with Crippen LogP contribution in [0.15, 0.2) is 47.3 Å². The number of hydrogen-bond donors (Lipinski definition) is 1. The summed E-state index contributed by atoms with van der Waals surface area (Å²) in [5.74, 6) is 1.30. The zero-order chi connectivity index (χ0) is 16.2. The number of nitrogens with zero attached hydrogens (tertiary/aromatic N) is 1. The Hall–Kier alpha value is -2.62. The standard InChI is InChI=1S/C19H20N2O2/c1-3-4-11-23-17-10-9-13(2)12-15(17)18-20-16-8-6-5-7-14(16)19(22)21-18/h5-10,12H,3-4,11H2,1-2H3,(H,20,21,22). The summed E-state index contributed by atoms with van der Waals surface area (Å²) >= 11 is 0. The first-order valence-corrected chi connectivity index (χ1v) is 7.92. The van der Waals surface area contributed by atoms with Crippen LogP contribution in [0, 0.1) is 6.92 Å². The molecule has 3 rings (SSSR count). The van der Waals surface area contributed by atoms with Crippen LogP contribution in [0.1, 0.15) is 25.3 Å². The Labute approximate surface area is 135 Å². The van der Waals surface area contributed by atoms with Crippen molar-refractivity contribution >= 4 is 10.9 Å². The van der Waals surface area contributed by atoms with Gasteiger partial charge in [-0.2, -0.15) is 0 Å². The second kappa shape index (κ2) is 6.65. The molecule has 0 amide bonds. The highest BCUT2D eigenvalue weighted by Gasteiger charge is 2.11. The van der Waals surface area contributed by atoms with Gasteiger partial charge in [0.1, 0.15) is 11.6 Å². The van der Waals surface area contributed by atoms with Crippen LogP contribution in [-0.2, 0) is 0 Å². The molecule has 118 valence electrons. The number of para-hydroxylation sites is 1. The van der Waals surface area contributed by atoms with E-state index in [2.05, 4.69) is 16.9 Å². The first-order valence-electron chi connectivity index (χ1n) is 7.92. The lowest BCUT2D eigenvalue weighted by atomic mass is 10.1. The molecule has 0 spiro atoms. The lowest BCUT2D eigenvalue weighted by Gasteiger charge is -2.12. The number of H-pyrrole nitrogens is 1. The number of aromatic amines is 1. The van der Waals surface area contributed by atoms with E-state index in [1.54, 1.807) is 6.07 Å². The van der Waals surface area contributed by atoms with Crippen LogP contribution < -0.4 is 10.3 Å². The molecule has 23 heavy (non-hydrogen) atoms. The van der Waals surface area contributed by atoms with Gasteiger partial charge in [-0.15, -0.1) is 0 Å². The molecule has 0 bridgehead atoms. The van der Waals surface area contributed by atoms with E-state index in [1.807, 2.05) is 43.3 Å². The van der Waals surface area contributed by atoms with Gasteiger partial charge in [0.2, 0.25) is 0 Å². The maximum Gasteiger partial charge on any atom is 0.259 e. The van der Waals surface area contributed by atoms with Gasteiger partial charge < -0.3 is 9.72 Å². The summed E-state index contributed by atoms with van der Waals surface area (Å²) in [4.78, 5) is 19.8. The predicted molar refractivity (Wildman–Crippen MR) is 92.9 cm³/mol. The Bertz CT molecular complexity index is 884. The second-order valence-electron chi connectivity index (χ2n) is 5.63. The number of hydrogen-bond acceptors (Lipinski definition) is 3. The third kappa shape index (κ3) is 3.26. The topological polar surface area (TPSA) is 55.0 Å². The lowest BCUT2D eigenvalue weighted by Crippen LogP contribution is -2.10. The van der Waals surface area contributed by atoms with Gasteiger partial charge >= 0.3 is 0 Å². The van der Waals surface area contributed by atoms with Crippen molar-refractivity contribution < 1.29 is 4.74 Å². The van der Waals surface area contributed by atoms with Crippen molar-refractivity contribution in [2.45, 2.75) is 26.7 Å². The molecule has 1 aromatic heterocycles. The number of rotatable bonds is 5. The van der Waals surface area contributed by atoms with Crippen LogP contribution in [0.25, 0.3) is 22.3 Å². The molecule has 0 aliphatic rings. The molecule has 0 saturated carbocycles. The fourth-order valence-corrected chi connectivity index (χ4v) is 2.50. The van der Waals surface area contributed by atoms with Crippen LogP contribution >= 0.6 is 0 Å². The van der Waals surface area contributed by atoms with Gasteiger partial charge in [0, 0.05) is 0 Å². The van der Waals surface area contributed by atoms with Crippen LogP contribution in [-0.4, -0.2) is 16.6 Å². The van der Waals surface area contributed by atoms with Crippen molar-refractivity contribution in [3.63, 3.8) is 0 Å². The molecule has 0 unspecified atom stereocenters. The number of unbranched alkanes of at least 4 members (excludes halogenated alkanes) is 1. The normalized spacial score (nSPS) is 10.9. The van der Waals surface area contributed by atoms with Gasteiger partial charge in [-0.3, -0.25) is 4.79 Å². The Morgan fingerprint density at radius 2 is 2.00 bits per heavy atom. The van der Waals surface area contributed by atoms with Crippen LogP contribution in [0.5, 0.6) is 5.75 Å². The second-order valence-corrected chi connectivity index (χ2v) is 5.63. The van der Waals surface area contributed by atoms with E-state index in [1.165, 1.54) is 0 Å². The summed E-state index contributed by atoms with van der Waals surface area (Å²) in [7, 11) is 0. The van der Waals surface area contributed by atoms with Gasteiger partial charge in [0.15, 0.2) is 0 Å². The fraction of sp³-hybridized carbons (Fsp3) is 0.263. The molecule has 0 saturated heterocycles. The van der Waals surface area contributed by atoms with Crippen LogP contribution in [0.4, 0.5) is 0 Å². The summed E-state index contributed by atoms with van der Waals surface area (Å²) in [6.07, 6.45) is 2.07. The Balaban J connectivity index is 2.10. The van der Waals surface area contributed by atoms with Crippen molar-refractivity contribution in [1.82, 2.24) is 9.97 Å². The first-order chi connectivity index (χ1) is 11.2. The molecular weight excluding hydrogens is 288 g/mol. The highest BCUT2D eigenvalue weighted by molar-refractivity contribution is 5.80. The molecule has 0 aliphatic carbocycles. The molecule has 4 heteroatoms. The summed E-state index contributed by atoms with van der Waals surface area (Å²) in [5, 5.41) is 0.595. The zero-order valence-electron chi connectivity index (χ0n) is 13.4. The molecule has 0 radical (unpaired) electrons. The van der Waals surface area contributed by atoms with Crippen molar-refractivity contribution in [1.29, 1.82) is 0 Å². The van der Waals surface area contributed by atoms with E-state index < -0.39 is 0 Å². The molecular formula is C19H20N2O2. The molecule has 3 aromatic rings. The number of aryl methyl sites for hydroxylation is 1. The first kappa shape index (κ1) is 15.3. The van der Waals surface area contributed by atoms with Gasteiger partial charge in [-0.1, -0.05) is 37.1 Å². The summed E-state index contributed by atoms with van der Waals surface area (Å²) in [6.45, 7) is 4.80. The highest BCUT2D eigenvalue weighted by Crippen LogP contribution is 2.29. The number of nitrogens with one attached hydrogen (secondary N) is 1. The SMILES string of the molecule is CCCCOc1ccc(C)cc1-c1nc2ccccc2c(=O)[nH]1. The summed E-state index contributed by atoms with van der Waals surface area (Å²) < 4.78 is 5.88. The highest BCUT2D eigenvalue weighted by atomic mass is 16.5. The largest absolute Gasteiger partial charge is 0.493 e. The lowest BCUT2D eigenvalue weighted by molar-refractivity contribution is 0.310. The minimum Gasteiger partial charge on any atom is -0.493 e. The minimum atomic E-state index is -0.133. The van der Waals surface area contributed by atoms with Crippen molar-refractivity contribution in [3.05, 3.63) is 58.4 Å². The van der Waals surface area contributed by atoms with Crippen molar-refractivity contribution in [2.24, 2.45) is 0 Å². The van der Waals surface area contributed by atoms with E-state index in [4.69, 9.17) is 4.74 Å². The molecule has 0 fully saturated rings. The maximum absolute atomic E-state index is 12.3. The number of aromatic nitrogens is 2. The van der Waals surface area contributed by atoms with Gasteiger partial charge in [0.05, 0.1) is 23.1 Å². The molecule has 0 atom stereocenters. The van der Waals surface area contributed by atoms with Crippen LogP contribution in [0.3, 0.4) is 0 Å². The van der Waals surface area contributed by atoms with Crippen LogP contribution in [0.2, 0.25) is 0 Å². The van der Waals surface area contributed by atoms with Gasteiger partial charge in [0.25, 0.3) is 5.56 Å². The van der Waals surface area contributed by atoms with Gasteiger partial charge in [-0.05, 0) is 37.6 Å². The maximum atomic E-state index is 12.3. The molecule has 0 aliphatic heterocycles. The van der Waals surface area contributed by atoms with E-state index in [-0.39, 0.29) is 5.56 Å². The van der Waals surface area contributed by atoms with Crippen molar-refractivity contribution in [2.75, 3.05) is 6.61 Å². The van der Waals surface area contributed by atoms with E-state index in [9.17, 15) is 4.79 Å². The van der Waals surface area contributed by atoms with E-state index in [0.29, 0.717) is 23.3 Å². The smallest absolute Gasteiger partial charge is 0.259 e. The van der Waals surface area contributed by atoms with E-state index >= 15 is 0 Å². The summed E-state index contributed by atoms with van der Waals surface area (Å²) in [5.41, 5.74) is 2.47. The average molecular weight is 308 g/mol. The quantitative estimate of drug-likeness (QED) is 0.723. The molecule has 4 nitrogen and oxygen atoms in total.